The molecule has 2 aromatic carbocycles. The van der Waals surface area contributed by atoms with Gasteiger partial charge in [-0.3, -0.25) is 9.69 Å². The molecule has 1 amide bonds. The van der Waals surface area contributed by atoms with Crippen molar-refractivity contribution in [3.8, 4) is 0 Å². The lowest BCUT2D eigenvalue weighted by Gasteiger charge is -2.16. The van der Waals surface area contributed by atoms with E-state index in [0.717, 1.165) is 17.7 Å². The summed E-state index contributed by atoms with van der Waals surface area (Å²) in [5.74, 6) is -0.103. The van der Waals surface area contributed by atoms with Gasteiger partial charge < -0.3 is 11.1 Å². The summed E-state index contributed by atoms with van der Waals surface area (Å²) in [6, 6.07) is 17.8. The zero-order valence-electron chi connectivity index (χ0n) is 14.7. The minimum atomic E-state index is -0.518. The van der Waals surface area contributed by atoms with Gasteiger partial charge >= 0.3 is 0 Å². The Hall–Kier alpha value is -2.17. The lowest BCUT2D eigenvalue weighted by atomic mass is 10.1. The maximum absolute atomic E-state index is 12.2. The molecule has 3 N–H and O–H groups in total. The molecule has 3 rings (SSSR count). The third-order valence-corrected chi connectivity index (χ3v) is 4.70. The van der Waals surface area contributed by atoms with E-state index < -0.39 is 6.04 Å². The van der Waals surface area contributed by atoms with Crippen molar-refractivity contribution in [3.05, 3.63) is 71.3 Å². The van der Waals surface area contributed by atoms with Crippen molar-refractivity contribution in [2.75, 3.05) is 13.1 Å². The fourth-order valence-corrected chi connectivity index (χ4v) is 3.32. The number of hydrogen-bond acceptors (Lipinski definition) is 3. The summed E-state index contributed by atoms with van der Waals surface area (Å²) >= 11 is 0. The average molecular weight is 337 g/mol. The van der Waals surface area contributed by atoms with E-state index in [-0.39, 0.29) is 5.91 Å². The van der Waals surface area contributed by atoms with Crippen molar-refractivity contribution in [3.63, 3.8) is 0 Å². The van der Waals surface area contributed by atoms with E-state index >= 15 is 0 Å². The molecule has 0 radical (unpaired) electrons. The van der Waals surface area contributed by atoms with Gasteiger partial charge in [0.1, 0.15) is 0 Å². The molecule has 0 aliphatic carbocycles. The topological polar surface area (TPSA) is 58.4 Å². The Kier molecular flexibility index (Phi) is 6.20. The number of likely N-dealkylation sites (tertiary alicyclic amines) is 1. The molecule has 1 saturated heterocycles. The number of nitrogens with zero attached hydrogens (tertiary/aromatic N) is 1. The van der Waals surface area contributed by atoms with Crippen LogP contribution in [0.2, 0.25) is 0 Å². The van der Waals surface area contributed by atoms with E-state index in [1.54, 1.807) is 0 Å². The van der Waals surface area contributed by atoms with Crippen molar-refractivity contribution in [1.82, 2.24) is 10.2 Å². The van der Waals surface area contributed by atoms with Gasteiger partial charge in [-0.1, -0.05) is 54.6 Å². The van der Waals surface area contributed by atoms with Gasteiger partial charge in [0.25, 0.3) is 0 Å². The largest absolute Gasteiger partial charge is 0.351 e. The fraction of sp³-hybridized carbons (Fsp3) is 0.381. The zero-order chi connectivity index (χ0) is 17.5. The smallest absolute Gasteiger partial charge is 0.237 e. The first kappa shape index (κ1) is 17.6. The Morgan fingerprint density at radius 2 is 1.68 bits per heavy atom. The molecular formula is C21H27N3O. The number of rotatable bonds is 7. The normalized spacial score (nSPS) is 15.9. The van der Waals surface area contributed by atoms with Crippen molar-refractivity contribution in [2.45, 2.75) is 38.4 Å². The molecule has 0 saturated carbocycles. The van der Waals surface area contributed by atoms with Crippen LogP contribution in [-0.4, -0.2) is 29.9 Å². The van der Waals surface area contributed by atoms with Gasteiger partial charge in [0, 0.05) is 13.1 Å². The van der Waals surface area contributed by atoms with Crippen LogP contribution in [0.5, 0.6) is 0 Å². The maximum Gasteiger partial charge on any atom is 0.237 e. The van der Waals surface area contributed by atoms with Gasteiger partial charge in [0.15, 0.2) is 0 Å². The standard InChI is InChI=1S/C21H27N3O/c22-20(14-17-7-2-1-3-8-17)21(25)23-15-18-9-6-10-19(13-18)16-24-11-4-5-12-24/h1-3,6-10,13,20H,4-5,11-12,14-16,22H2,(H,23,25). The molecule has 1 unspecified atom stereocenters. The quantitative estimate of drug-likeness (QED) is 0.816. The van der Waals surface area contributed by atoms with Crippen molar-refractivity contribution in [2.24, 2.45) is 5.73 Å². The molecule has 2 aromatic rings. The number of nitrogens with two attached hydrogens (primary N) is 1. The molecule has 0 aromatic heterocycles. The minimum Gasteiger partial charge on any atom is -0.351 e. The second kappa shape index (κ2) is 8.79. The summed E-state index contributed by atoms with van der Waals surface area (Å²) in [6.07, 6.45) is 3.16. The van der Waals surface area contributed by atoms with Gasteiger partial charge in [-0.15, -0.1) is 0 Å². The monoisotopic (exact) mass is 337 g/mol. The van der Waals surface area contributed by atoms with Crippen LogP contribution in [0.3, 0.4) is 0 Å². The lowest BCUT2D eigenvalue weighted by molar-refractivity contribution is -0.122. The Bertz CT molecular complexity index is 681. The SMILES string of the molecule is NC(Cc1ccccc1)C(=O)NCc1cccc(CN2CCCC2)c1. The molecule has 1 fully saturated rings. The van der Waals surface area contributed by atoms with Crippen molar-refractivity contribution in [1.29, 1.82) is 0 Å². The molecular weight excluding hydrogens is 310 g/mol. The molecule has 0 bridgehead atoms. The second-order valence-electron chi connectivity index (χ2n) is 6.82. The van der Waals surface area contributed by atoms with Crippen molar-refractivity contribution < 1.29 is 4.79 Å². The lowest BCUT2D eigenvalue weighted by Crippen LogP contribution is -2.41. The number of nitrogens with one attached hydrogen (secondary N) is 1. The minimum absolute atomic E-state index is 0.103. The molecule has 4 heteroatoms. The Labute approximate surface area is 150 Å². The highest BCUT2D eigenvalue weighted by molar-refractivity contribution is 5.81. The molecule has 1 heterocycles. The molecule has 1 aliphatic rings. The summed E-state index contributed by atoms with van der Waals surface area (Å²) in [5.41, 5.74) is 9.54. The van der Waals surface area contributed by atoms with Crippen molar-refractivity contribution >= 4 is 5.91 Å². The molecule has 1 atom stereocenters. The first-order valence-corrected chi connectivity index (χ1v) is 9.08. The Balaban J connectivity index is 1.49. The molecule has 4 nitrogen and oxygen atoms in total. The van der Waals surface area contributed by atoms with E-state index in [2.05, 4.69) is 34.5 Å². The molecule has 0 spiro atoms. The number of hydrogen-bond donors (Lipinski definition) is 2. The third kappa shape index (κ3) is 5.41. The zero-order valence-corrected chi connectivity index (χ0v) is 14.7. The molecule has 1 aliphatic heterocycles. The van der Waals surface area contributed by atoms with Gasteiger partial charge in [-0.05, 0) is 49.0 Å². The van der Waals surface area contributed by atoms with Crippen LogP contribution >= 0.6 is 0 Å². The highest BCUT2D eigenvalue weighted by atomic mass is 16.2. The maximum atomic E-state index is 12.2. The van der Waals surface area contributed by atoms with E-state index in [4.69, 9.17) is 5.73 Å². The number of carbonyl (C=O) groups is 1. The van der Waals surface area contributed by atoms with Crippen LogP contribution in [0.1, 0.15) is 29.5 Å². The second-order valence-corrected chi connectivity index (χ2v) is 6.82. The van der Waals surface area contributed by atoms with E-state index in [1.807, 2.05) is 30.3 Å². The van der Waals surface area contributed by atoms with Gasteiger partial charge in [-0.2, -0.15) is 0 Å². The van der Waals surface area contributed by atoms with Crippen LogP contribution in [-0.2, 0) is 24.3 Å². The van der Waals surface area contributed by atoms with E-state index in [0.29, 0.717) is 13.0 Å². The van der Waals surface area contributed by atoms with Crippen LogP contribution in [0, 0.1) is 0 Å². The summed E-state index contributed by atoms with van der Waals surface area (Å²) in [7, 11) is 0. The predicted molar refractivity (Wildman–Crippen MR) is 101 cm³/mol. The molecule has 25 heavy (non-hydrogen) atoms. The number of benzene rings is 2. The summed E-state index contributed by atoms with van der Waals surface area (Å²) in [5, 5.41) is 2.96. The van der Waals surface area contributed by atoms with E-state index in [1.165, 1.54) is 31.5 Å². The van der Waals surface area contributed by atoms with Gasteiger partial charge in [0.05, 0.1) is 6.04 Å². The number of carbonyl (C=O) groups excluding carboxylic acids is 1. The van der Waals surface area contributed by atoms with Gasteiger partial charge in [0.2, 0.25) is 5.91 Å². The highest BCUT2D eigenvalue weighted by Crippen LogP contribution is 2.14. The summed E-state index contributed by atoms with van der Waals surface area (Å²) < 4.78 is 0. The van der Waals surface area contributed by atoms with Crippen LogP contribution < -0.4 is 11.1 Å². The first-order chi connectivity index (χ1) is 12.2. The van der Waals surface area contributed by atoms with Gasteiger partial charge in [-0.25, -0.2) is 0 Å². The first-order valence-electron chi connectivity index (χ1n) is 9.08. The fourth-order valence-electron chi connectivity index (χ4n) is 3.32. The Morgan fingerprint density at radius 3 is 2.44 bits per heavy atom. The third-order valence-electron chi connectivity index (χ3n) is 4.70. The number of amides is 1. The van der Waals surface area contributed by atoms with E-state index in [9.17, 15) is 4.79 Å². The van der Waals surface area contributed by atoms with Crippen LogP contribution in [0.15, 0.2) is 54.6 Å². The average Bonchev–Trinajstić information content (AvgIpc) is 3.14. The van der Waals surface area contributed by atoms with Crippen LogP contribution in [0.25, 0.3) is 0 Å². The summed E-state index contributed by atoms with van der Waals surface area (Å²) in [4.78, 5) is 14.7. The summed E-state index contributed by atoms with van der Waals surface area (Å²) in [6.45, 7) is 3.90. The van der Waals surface area contributed by atoms with Crippen LogP contribution in [0.4, 0.5) is 0 Å². The Morgan fingerprint density at radius 1 is 1.00 bits per heavy atom. The highest BCUT2D eigenvalue weighted by Gasteiger charge is 2.14. The predicted octanol–water partition coefficient (Wildman–Crippen LogP) is 2.47. The molecule has 132 valence electrons.